The van der Waals surface area contributed by atoms with E-state index in [9.17, 15) is 9.90 Å². The van der Waals surface area contributed by atoms with Crippen LogP contribution in [0.2, 0.25) is 0 Å². The van der Waals surface area contributed by atoms with E-state index in [1.165, 1.54) is 14.2 Å². The van der Waals surface area contributed by atoms with E-state index in [0.717, 1.165) is 10.6 Å². The molecular formula is C11H15NO3. The van der Waals surface area contributed by atoms with Crippen molar-refractivity contribution in [2.24, 2.45) is 0 Å². The number of hydrogen-bond acceptors (Lipinski definition) is 3. The summed E-state index contributed by atoms with van der Waals surface area (Å²) in [5.74, 6) is -0.256. The summed E-state index contributed by atoms with van der Waals surface area (Å²) in [4.78, 5) is 16.1. The molecule has 82 valence electrons. The fourth-order valence-electron chi connectivity index (χ4n) is 1.19. The Balaban J connectivity index is 2.56. The molecule has 15 heavy (non-hydrogen) atoms. The van der Waals surface area contributed by atoms with Crippen LogP contribution in [0.3, 0.4) is 0 Å². The van der Waals surface area contributed by atoms with Gasteiger partial charge >= 0.3 is 0 Å². The number of amides is 1. The summed E-state index contributed by atoms with van der Waals surface area (Å²) >= 11 is 0. The molecule has 1 rings (SSSR count). The fourth-order valence-corrected chi connectivity index (χ4v) is 1.19. The molecule has 0 spiro atoms. The number of aliphatic hydroxyl groups is 1. The predicted octanol–water partition coefficient (Wildman–Crippen LogP) is 1.13. The van der Waals surface area contributed by atoms with Crippen LogP contribution in [0.5, 0.6) is 0 Å². The molecule has 4 nitrogen and oxygen atoms in total. The van der Waals surface area contributed by atoms with Gasteiger partial charge in [0.15, 0.2) is 0 Å². The van der Waals surface area contributed by atoms with Gasteiger partial charge in [-0.05, 0) is 5.56 Å². The minimum atomic E-state index is -0.781. The van der Waals surface area contributed by atoms with Crippen LogP contribution in [0.25, 0.3) is 0 Å². The Morgan fingerprint density at radius 3 is 2.60 bits per heavy atom. The summed E-state index contributed by atoms with van der Waals surface area (Å²) in [6.45, 7) is 0. The van der Waals surface area contributed by atoms with Gasteiger partial charge in [-0.2, -0.15) is 0 Å². The first kappa shape index (κ1) is 11.7. The third-order valence-electron chi connectivity index (χ3n) is 2.18. The Labute approximate surface area is 89.0 Å². The van der Waals surface area contributed by atoms with Gasteiger partial charge in [-0.25, -0.2) is 5.06 Å². The Hall–Kier alpha value is -1.39. The van der Waals surface area contributed by atoms with Crippen LogP contribution >= 0.6 is 0 Å². The van der Waals surface area contributed by atoms with Gasteiger partial charge in [0.1, 0.15) is 0 Å². The van der Waals surface area contributed by atoms with E-state index >= 15 is 0 Å². The lowest BCUT2D eigenvalue weighted by Crippen LogP contribution is -2.26. The molecule has 0 bridgehead atoms. The van der Waals surface area contributed by atoms with Crippen molar-refractivity contribution < 1.29 is 14.7 Å². The Morgan fingerprint density at radius 1 is 1.47 bits per heavy atom. The molecular weight excluding hydrogens is 194 g/mol. The Kier molecular flexibility index (Phi) is 4.27. The number of hydrogen-bond donors (Lipinski definition) is 1. The van der Waals surface area contributed by atoms with Crippen LogP contribution in [0.1, 0.15) is 18.1 Å². The summed E-state index contributed by atoms with van der Waals surface area (Å²) in [6.07, 6.45) is -0.759. The highest BCUT2D eigenvalue weighted by atomic mass is 16.7. The van der Waals surface area contributed by atoms with Gasteiger partial charge in [-0.3, -0.25) is 9.63 Å². The molecule has 1 amide bonds. The number of aliphatic hydroxyl groups excluding tert-OH is 1. The van der Waals surface area contributed by atoms with E-state index < -0.39 is 6.10 Å². The minimum absolute atomic E-state index is 0.0222. The number of benzene rings is 1. The monoisotopic (exact) mass is 209 g/mol. The maximum absolute atomic E-state index is 11.4. The molecule has 0 aliphatic carbocycles. The molecule has 0 aliphatic heterocycles. The van der Waals surface area contributed by atoms with Crippen molar-refractivity contribution in [2.75, 3.05) is 14.2 Å². The van der Waals surface area contributed by atoms with Crippen LogP contribution in [0.4, 0.5) is 0 Å². The normalized spacial score (nSPS) is 12.2. The molecule has 0 aromatic heterocycles. The molecule has 4 heteroatoms. The second-order valence-electron chi connectivity index (χ2n) is 3.20. The van der Waals surface area contributed by atoms with Gasteiger partial charge in [0.2, 0.25) is 5.91 Å². The molecule has 1 aromatic carbocycles. The Morgan fingerprint density at radius 2 is 2.07 bits per heavy atom. The van der Waals surface area contributed by atoms with Crippen molar-refractivity contribution in [1.82, 2.24) is 5.06 Å². The van der Waals surface area contributed by atoms with Gasteiger partial charge in [-0.15, -0.1) is 0 Å². The van der Waals surface area contributed by atoms with Crippen LogP contribution < -0.4 is 0 Å². The largest absolute Gasteiger partial charge is 0.388 e. The average Bonchev–Trinajstić information content (AvgIpc) is 2.29. The van der Waals surface area contributed by atoms with E-state index in [4.69, 9.17) is 4.84 Å². The highest BCUT2D eigenvalue weighted by molar-refractivity contribution is 5.75. The number of nitrogens with zero attached hydrogens (tertiary/aromatic N) is 1. The summed E-state index contributed by atoms with van der Waals surface area (Å²) < 4.78 is 0. The van der Waals surface area contributed by atoms with Crippen LogP contribution in [0, 0.1) is 0 Å². The van der Waals surface area contributed by atoms with Gasteiger partial charge in [-0.1, -0.05) is 30.3 Å². The molecule has 1 unspecified atom stereocenters. The van der Waals surface area contributed by atoms with E-state index in [0.29, 0.717) is 0 Å². The van der Waals surface area contributed by atoms with Crippen molar-refractivity contribution in [3.63, 3.8) is 0 Å². The lowest BCUT2D eigenvalue weighted by Gasteiger charge is -2.16. The molecule has 0 radical (unpaired) electrons. The van der Waals surface area contributed by atoms with Crippen molar-refractivity contribution in [1.29, 1.82) is 0 Å². The van der Waals surface area contributed by atoms with Crippen LogP contribution in [-0.4, -0.2) is 30.2 Å². The van der Waals surface area contributed by atoms with Crippen molar-refractivity contribution in [3.05, 3.63) is 35.9 Å². The highest BCUT2D eigenvalue weighted by Gasteiger charge is 2.15. The second-order valence-corrected chi connectivity index (χ2v) is 3.20. The van der Waals surface area contributed by atoms with E-state index in [1.807, 2.05) is 18.2 Å². The van der Waals surface area contributed by atoms with Gasteiger partial charge in [0.05, 0.1) is 19.6 Å². The predicted molar refractivity (Wildman–Crippen MR) is 55.8 cm³/mol. The summed E-state index contributed by atoms with van der Waals surface area (Å²) in [5, 5.41) is 10.8. The average molecular weight is 209 g/mol. The van der Waals surface area contributed by atoms with Gasteiger partial charge in [0, 0.05) is 7.05 Å². The lowest BCUT2D eigenvalue weighted by molar-refractivity contribution is -0.170. The summed E-state index contributed by atoms with van der Waals surface area (Å²) in [7, 11) is 2.92. The topological polar surface area (TPSA) is 49.8 Å². The standard InChI is InChI=1S/C11H15NO3/c1-12(15-2)11(14)8-10(13)9-6-4-3-5-7-9/h3-7,10,13H,8H2,1-2H3. The summed E-state index contributed by atoms with van der Waals surface area (Å²) in [5.41, 5.74) is 0.732. The maximum atomic E-state index is 11.4. The van der Waals surface area contributed by atoms with Crippen LogP contribution in [-0.2, 0) is 9.63 Å². The molecule has 0 heterocycles. The van der Waals surface area contributed by atoms with E-state index in [1.54, 1.807) is 12.1 Å². The first-order valence-electron chi connectivity index (χ1n) is 4.69. The van der Waals surface area contributed by atoms with Crippen molar-refractivity contribution in [2.45, 2.75) is 12.5 Å². The maximum Gasteiger partial charge on any atom is 0.248 e. The number of carbonyl (C=O) groups is 1. The fraction of sp³-hybridized carbons (Fsp3) is 0.364. The first-order chi connectivity index (χ1) is 7.15. The number of carbonyl (C=O) groups excluding carboxylic acids is 1. The molecule has 0 fully saturated rings. The Bertz CT molecular complexity index is 313. The SMILES string of the molecule is CON(C)C(=O)CC(O)c1ccccc1. The molecule has 0 saturated carbocycles. The zero-order valence-corrected chi connectivity index (χ0v) is 8.88. The number of rotatable bonds is 4. The highest BCUT2D eigenvalue weighted by Crippen LogP contribution is 2.16. The molecule has 1 atom stereocenters. The lowest BCUT2D eigenvalue weighted by atomic mass is 10.1. The quantitative estimate of drug-likeness (QED) is 0.756. The van der Waals surface area contributed by atoms with E-state index in [2.05, 4.69) is 0 Å². The third-order valence-corrected chi connectivity index (χ3v) is 2.18. The van der Waals surface area contributed by atoms with Gasteiger partial charge in [0.25, 0.3) is 0 Å². The van der Waals surface area contributed by atoms with Crippen LogP contribution in [0.15, 0.2) is 30.3 Å². The number of hydroxylamine groups is 2. The zero-order chi connectivity index (χ0) is 11.3. The smallest absolute Gasteiger partial charge is 0.248 e. The van der Waals surface area contributed by atoms with Gasteiger partial charge < -0.3 is 5.11 Å². The molecule has 0 saturated heterocycles. The molecule has 1 aromatic rings. The third kappa shape index (κ3) is 3.34. The molecule has 0 aliphatic rings. The second kappa shape index (κ2) is 5.48. The zero-order valence-electron chi connectivity index (χ0n) is 8.88. The first-order valence-corrected chi connectivity index (χ1v) is 4.69. The van der Waals surface area contributed by atoms with E-state index in [-0.39, 0.29) is 12.3 Å². The van der Waals surface area contributed by atoms with Crippen molar-refractivity contribution >= 4 is 5.91 Å². The minimum Gasteiger partial charge on any atom is -0.388 e. The summed E-state index contributed by atoms with van der Waals surface area (Å²) in [6, 6.07) is 9.07. The van der Waals surface area contributed by atoms with Crippen molar-refractivity contribution in [3.8, 4) is 0 Å². The molecule has 1 N–H and O–H groups in total.